The van der Waals surface area contributed by atoms with Gasteiger partial charge in [-0.2, -0.15) is 4.99 Å². The van der Waals surface area contributed by atoms with Crippen LogP contribution in [0.2, 0.25) is 5.02 Å². The third kappa shape index (κ3) is 4.25. The molecule has 0 atom stereocenters. The molecule has 0 unspecified atom stereocenters. The normalized spacial score (nSPS) is 15.0. The Morgan fingerprint density at radius 3 is 2.87 bits per heavy atom. The summed E-state index contributed by atoms with van der Waals surface area (Å²) in [6.45, 7) is 1.97. The van der Waals surface area contributed by atoms with Crippen LogP contribution in [0.4, 0.5) is 5.69 Å². The summed E-state index contributed by atoms with van der Waals surface area (Å²) < 4.78 is 0. The van der Waals surface area contributed by atoms with E-state index in [0.29, 0.717) is 20.8 Å². The van der Waals surface area contributed by atoms with E-state index in [9.17, 15) is 4.79 Å². The van der Waals surface area contributed by atoms with Gasteiger partial charge in [-0.1, -0.05) is 29.8 Å². The highest BCUT2D eigenvalue weighted by atomic mass is 35.5. The first-order valence-electron chi connectivity index (χ1n) is 9.41. The van der Waals surface area contributed by atoms with E-state index >= 15 is 0 Å². The zero-order valence-electron chi connectivity index (χ0n) is 16.3. The molecule has 2 aromatic carbocycles. The Balaban J connectivity index is 1.37. The molecule has 1 N–H and O–H groups in total. The first-order chi connectivity index (χ1) is 15.0. The van der Waals surface area contributed by atoms with Crippen molar-refractivity contribution in [1.29, 1.82) is 0 Å². The molecule has 5 rings (SSSR count). The fourth-order valence-corrected chi connectivity index (χ4v) is 4.80. The molecule has 1 aliphatic heterocycles. The van der Waals surface area contributed by atoms with Crippen LogP contribution in [-0.2, 0) is 4.79 Å². The number of anilines is 1. The van der Waals surface area contributed by atoms with E-state index in [0.717, 1.165) is 32.7 Å². The Morgan fingerprint density at radius 2 is 2.03 bits per heavy atom. The van der Waals surface area contributed by atoms with Gasteiger partial charge in [0, 0.05) is 22.5 Å². The lowest BCUT2D eigenvalue weighted by atomic mass is 10.1. The molecule has 1 aliphatic rings. The highest BCUT2D eigenvalue weighted by Gasteiger charge is 2.22. The Hall–Kier alpha value is -3.00. The molecule has 2 aromatic heterocycles. The van der Waals surface area contributed by atoms with Gasteiger partial charge in [0.15, 0.2) is 5.17 Å². The second-order valence-electron chi connectivity index (χ2n) is 6.86. The van der Waals surface area contributed by atoms with Gasteiger partial charge in [-0.15, -0.1) is 11.3 Å². The molecule has 8 heteroatoms. The minimum absolute atomic E-state index is 0.277. The summed E-state index contributed by atoms with van der Waals surface area (Å²) in [6, 6.07) is 15.4. The molecule has 0 saturated heterocycles. The highest BCUT2D eigenvalue weighted by Crippen LogP contribution is 2.34. The van der Waals surface area contributed by atoms with E-state index in [2.05, 4.69) is 20.3 Å². The van der Waals surface area contributed by atoms with Crippen LogP contribution in [0, 0.1) is 6.92 Å². The van der Waals surface area contributed by atoms with E-state index < -0.39 is 0 Å². The van der Waals surface area contributed by atoms with Crippen molar-refractivity contribution in [3.63, 3.8) is 0 Å². The molecule has 152 valence electrons. The Kier molecular flexibility index (Phi) is 5.31. The predicted octanol–water partition coefficient (Wildman–Crippen LogP) is 6.40. The SMILES string of the molecule is Cc1nc(-c2ccc(Cl)c(NC3=NC(=O)C(=Cc4ccc5ncccc5c4)S3)c2)cs1. The van der Waals surface area contributed by atoms with Crippen molar-refractivity contribution in [2.75, 3.05) is 5.32 Å². The number of aryl methyl sites for hydroxylation is 1. The number of halogens is 1. The standard InChI is InChI=1S/C23H15ClN4OS2/c1-13-26-20(12-30-13)16-5-6-17(24)19(11-16)27-23-28-22(29)21(31-23)10-14-4-7-18-15(9-14)3-2-8-25-18/h2-12H,1H3,(H,27,28,29). The van der Waals surface area contributed by atoms with Crippen LogP contribution in [-0.4, -0.2) is 21.0 Å². The van der Waals surface area contributed by atoms with Crippen LogP contribution in [0.1, 0.15) is 10.6 Å². The van der Waals surface area contributed by atoms with Crippen LogP contribution >= 0.6 is 34.7 Å². The number of nitrogens with zero attached hydrogens (tertiary/aromatic N) is 3. The van der Waals surface area contributed by atoms with E-state index in [1.807, 2.05) is 66.9 Å². The van der Waals surface area contributed by atoms with Crippen LogP contribution in [0.5, 0.6) is 0 Å². The molecule has 0 spiro atoms. The van der Waals surface area contributed by atoms with Crippen LogP contribution < -0.4 is 5.32 Å². The van der Waals surface area contributed by atoms with E-state index in [-0.39, 0.29) is 5.91 Å². The molecule has 0 radical (unpaired) electrons. The summed E-state index contributed by atoms with van der Waals surface area (Å²) in [6.07, 6.45) is 3.60. The number of nitrogens with one attached hydrogen (secondary N) is 1. The third-order valence-corrected chi connectivity index (χ3v) is 6.67. The number of benzene rings is 2. The number of pyridine rings is 1. The first-order valence-corrected chi connectivity index (χ1v) is 11.5. The number of hydrogen-bond acceptors (Lipinski definition) is 6. The summed E-state index contributed by atoms with van der Waals surface area (Å²) in [5, 5.41) is 8.26. The maximum atomic E-state index is 12.4. The maximum Gasteiger partial charge on any atom is 0.286 e. The van der Waals surface area contributed by atoms with E-state index in [1.165, 1.54) is 11.8 Å². The van der Waals surface area contributed by atoms with Crippen LogP contribution in [0.15, 0.2) is 70.0 Å². The minimum Gasteiger partial charge on any atom is -0.333 e. The summed E-state index contributed by atoms with van der Waals surface area (Å²) >= 11 is 9.26. The summed E-state index contributed by atoms with van der Waals surface area (Å²) in [4.78, 5) is 26.0. The van der Waals surface area contributed by atoms with Crippen molar-refractivity contribution in [3.8, 4) is 11.3 Å². The van der Waals surface area contributed by atoms with Crippen LogP contribution in [0.25, 0.3) is 28.2 Å². The minimum atomic E-state index is -0.277. The monoisotopic (exact) mass is 462 g/mol. The zero-order valence-corrected chi connectivity index (χ0v) is 18.7. The van der Waals surface area contributed by atoms with Gasteiger partial charge in [0.1, 0.15) is 0 Å². The smallest absolute Gasteiger partial charge is 0.286 e. The second kappa shape index (κ2) is 8.26. The third-order valence-electron chi connectivity index (χ3n) is 4.67. The molecular formula is C23H15ClN4OS2. The van der Waals surface area contributed by atoms with Gasteiger partial charge in [-0.25, -0.2) is 4.98 Å². The largest absolute Gasteiger partial charge is 0.333 e. The molecule has 5 nitrogen and oxygen atoms in total. The fraction of sp³-hybridized carbons (Fsp3) is 0.0435. The Bertz CT molecular complexity index is 1390. The van der Waals surface area contributed by atoms with Gasteiger partial charge in [-0.3, -0.25) is 9.78 Å². The second-order valence-corrected chi connectivity index (χ2v) is 9.36. The molecular weight excluding hydrogens is 448 g/mol. The number of carbonyl (C=O) groups is 1. The number of rotatable bonds is 3. The van der Waals surface area contributed by atoms with Crippen LogP contribution in [0.3, 0.4) is 0 Å². The van der Waals surface area contributed by atoms with E-state index in [4.69, 9.17) is 11.6 Å². The summed E-state index contributed by atoms with van der Waals surface area (Å²) in [7, 11) is 0. The van der Waals surface area contributed by atoms with Crippen molar-refractivity contribution in [2.24, 2.45) is 4.99 Å². The molecule has 0 bridgehead atoms. The topological polar surface area (TPSA) is 67.2 Å². The number of carbonyl (C=O) groups excluding carboxylic acids is 1. The number of fused-ring (bicyclic) bond motifs is 1. The number of hydrogen-bond donors (Lipinski definition) is 1. The number of aromatic nitrogens is 2. The lowest BCUT2D eigenvalue weighted by Gasteiger charge is -2.08. The summed E-state index contributed by atoms with van der Waals surface area (Å²) in [5.74, 6) is -0.277. The molecule has 1 amide bonds. The number of thioether (sulfide) groups is 1. The zero-order chi connectivity index (χ0) is 21.4. The van der Waals surface area contributed by atoms with Crippen molar-refractivity contribution < 1.29 is 4.79 Å². The Morgan fingerprint density at radius 1 is 1.13 bits per heavy atom. The average molecular weight is 463 g/mol. The fourth-order valence-electron chi connectivity index (χ4n) is 3.19. The molecule has 3 heterocycles. The molecule has 0 fully saturated rings. The number of amidine groups is 1. The van der Waals surface area contributed by atoms with Gasteiger partial charge < -0.3 is 5.32 Å². The van der Waals surface area contributed by atoms with Gasteiger partial charge >= 0.3 is 0 Å². The number of thiazole rings is 1. The Labute approximate surface area is 191 Å². The van der Waals surface area contributed by atoms with Gasteiger partial charge in [0.05, 0.1) is 31.8 Å². The average Bonchev–Trinajstić information content (AvgIpc) is 3.35. The van der Waals surface area contributed by atoms with Gasteiger partial charge in [0.2, 0.25) is 0 Å². The molecule has 4 aromatic rings. The van der Waals surface area contributed by atoms with Crippen molar-refractivity contribution in [3.05, 3.63) is 80.6 Å². The quantitative estimate of drug-likeness (QED) is 0.356. The lowest BCUT2D eigenvalue weighted by molar-refractivity contribution is -0.113. The van der Waals surface area contributed by atoms with Gasteiger partial charge in [0.25, 0.3) is 5.91 Å². The molecule has 0 aliphatic carbocycles. The van der Waals surface area contributed by atoms with Crippen molar-refractivity contribution in [2.45, 2.75) is 6.92 Å². The van der Waals surface area contributed by atoms with Crippen molar-refractivity contribution in [1.82, 2.24) is 9.97 Å². The lowest BCUT2D eigenvalue weighted by Crippen LogP contribution is -2.05. The van der Waals surface area contributed by atoms with Gasteiger partial charge in [-0.05, 0) is 60.7 Å². The first kappa shape index (κ1) is 19.9. The molecule has 31 heavy (non-hydrogen) atoms. The summed E-state index contributed by atoms with van der Waals surface area (Å²) in [5.41, 5.74) is 4.37. The number of aliphatic imine (C=N–C) groups is 1. The highest BCUT2D eigenvalue weighted by molar-refractivity contribution is 8.18. The predicted molar refractivity (Wildman–Crippen MR) is 131 cm³/mol. The molecule has 0 saturated carbocycles. The number of amides is 1. The maximum absolute atomic E-state index is 12.4. The van der Waals surface area contributed by atoms with E-state index in [1.54, 1.807) is 17.5 Å². The van der Waals surface area contributed by atoms with Crippen molar-refractivity contribution >= 4 is 68.4 Å².